The van der Waals surface area contributed by atoms with Gasteiger partial charge in [0, 0.05) is 24.0 Å². The number of pyridine rings is 1. The van der Waals surface area contributed by atoms with Gasteiger partial charge in [-0.2, -0.15) is 0 Å². The van der Waals surface area contributed by atoms with E-state index < -0.39 is 0 Å². The summed E-state index contributed by atoms with van der Waals surface area (Å²) in [5.41, 5.74) is 3.13. The predicted molar refractivity (Wildman–Crippen MR) is 119 cm³/mol. The second kappa shape index (κ2) is 8.74. The molecule has 1 fully saturated rings. The first-order chi connectivity index (χ1) is 14.6. The molecule has 0 N–H and O–H groups in total. The molecular weight excluding hydrogens is 376 g/mol. The monoisotopic (exact) mass is 404 g/mol. The van der Waals surface area contributed by atoms with Crippen molar-refractivity contribution in [1.82, 2.24) is 9.88 Å². The molecule has 0 unspecified atom stereocenters. The van der Waals surface area contributed by atoms with E-state index in [0.29, 0.717) is 23.1 Å². The summed E-state index contributed by atoms with van der Waals surface area (Å²) in [4.78, 5) is 20.3. The third-order valence-electron chi connectivity index (χ3n) is 6.07. The number of benzene rings is 2. The molecular formula is C25H28N2O3. The summed E-state index contributed by atoms with van der Waals surface area (Å²) in [5, 5.41) is 0.884. The fourth-order valence-corrected chi connectivity index (χ4v) is 4.32. The van der Waals surface area contributed by atoms with E-state index in [-0.39, 0.29) is 5.91 Å². The van der Waals surface area contributed by atoms with Crippen molar-refractivity contribution in [2.24, 2.45) is 0 Å². The van der Waals surface area contributed by atoms with Gasteiger partial charge in [-0.1, -0.05) is 37.5 Å². The molecule has 3 aromatic rings. The maximum absolute atomic E-state index is 13.5. The summed E-state index contributed by atoms with van der Waals surface area (Å²) < 4.78 is 10.8. The van der Waals surface area contributed by atoms with Crippen LogP contribution in [0.3, 0.4) is 0 Å². The Balaban J connectivity index is 1.79. The predicted octanol–water partition coefficient (Wildman–Crippen LogP) is 5.32. The van der Waals surface area contributed by atoms with Crippen LogP contribution in [0.2, 0.25) is 0 Å². The molecule has 5 nitrogen and oxygen atoms in total. The van der Waals surface area contributed by atoms with Gasteiger partial charge in [-0.05, 0) is 43.2 Å². The number of aromatic nitrogens is 1. The van der Waals surface area contributed by atoms with Crippen LogP contribution in [-0.4, -0.2) is 43.1 Å². The topological polar surface area (TPSA) is 51.7 Å². The Hall–Kier alpha value is -3.08. The van der Waals surface area contributed by atoms with Crippen molar-refractivity contribution >= 4 is 16.8 Å². The number of carbonyl (C=O) groups is 1. The van der Waals surface area contributed by atoms with Crippen LogP contribution < -0.4 is 9.47 Å². The largest absolute Gasteiger partial charge is 0.493 e. The molecule has 1 aliphatic rings. The van der Waals surface area contributed by atoms with E-state index in [1.807, 2.05) is 60.5 Å². The fourth-order valence-electron chi connectivity index (χ4n) is 4.32. The number of nitrogens with zero attached hydrogens (tertiary/aromatic N) is 2. The van der Waals surface area contributed by atoms with Crippen LogP contribution in [0.5, 0.6) is 11.5 Å². The Morgan fingerprint density at radius 3 is 2.43 bits per heavy atom. The van der Waals surface area contributed by atoms with Crippen LogP contribution in [-0.2, 0) is 0 Å². The lowest BCUT2D eigenvalue weighted by Crippen LogP contribution is -2.38. The number of ether oxygens (including phenoxy) is 2. The Labute approximate surface area is 177 Å². The first-order valence-corrected chi connectivity index (χ1v) is 10.5. The minimum Gasteiger partial charge on any atom is -0.493 e. The zero-order valence-corrected chi connectivity index (χ0v) is 17.9. The van der Waals surface area contributed by atoms with Gasteiger partial charge in [0.1, 0.15) is 0 Å². The van der Waals surface area contributed by atoms with Crippen LogP contribution in [0.25, 0.3) is 22.2 Å². The van der Waals surface area contributed by atoms with Gasteiger partial charge in [0.2, 0.25) is 0 Å². The van der Waals surface area contributed by atoms with E-state index in [9.17, 15) is 4.79 Å². The molecule has 2 aromatic carbocycles. The minimum atomic E-state index is 0.0576. The van der Waals surface area contributed by atoms with Crippen molar-refractivity contribution in [3.8, 4) is 22.8 Å². The molecule has 1 saturated carbocycles. The third kappa shape index (κ3) is 3.84. The van der Waals surface area contributed by atoms with Crippen LogP contribution in [0, 0.1) is 0 Å². The average molecular weight is 405 g/mol. The van der Waals surface area contributed by atoms with Crippen molar-refractivity contribution in [2.75, 3.05) is 21.3 Å². The van der Waals surface area contributed by atoms with Gasteiger partial charge in [0.15, 0.2) is 11.5 Å². The zero-order valence-electron chi connectivity index (χ0n) is 17.9. The van der Waals surface area contributed by atoms with Gasteiger partial charge in [-0.25, -0.2) is 4.98 Å². The highest BCUT2D eigenvalue weighted by molar-refractivity contribution is 6.07. The lowest BCUT2D eigenvalue weighted by atomic mass is 9.93. The highest BCUT2D eigenvalue weighted by Crippen LogP contribution is 2.33. The summed E-state index contributed by atoms with van der Waals surface area (Å²) >= 11 is 0. The quantitative estimate of drug-likeness (QED) is 0.577. The third-order valence-corrected chi connectivity index (χ3v) is 6.07. The number of methoxy groups -OCH3 is 2. The molecule has 156 valence electrons. The van der Waals surface area contributed by atoms with Crippen LogP contribution in [0.15, 0.2) is 48.5 Å². The number of amides is 1. The molecule has 0 radical (unpaired) electrons. The number of fused-ring (bicyclic) bond motifs is 1. The maximum Gasteiger partial charge on any atom is 0.254 e. The number of carbonyl (C=O) groups excluding carboxylic acids is 1. The minimum absolute atomic E-state index is 0.0576. The fraction of sp³-hybridized carbons (Fsp3) is 0.360. The van der Waals surface area contributed by atoms with Crippen LogP contribution in [0.4, 0.5) is 0 Å². The number of rotatable bonds is 5. The maximum atomic E-state index is 13.5. The van der Waals surface area contributed by atoms with E-state index in [4.69, 9.17) is 14.5 Å². The highest BCUT2D eigenvalue weighted by Gasteiger charge is 2.25. The molecule has 5 heteroatoms. The molecule has 1 aliphatic carbocycles. The van der Waals surface area contributed by atoms with Crippen molar-refractivity contribution < 1.29 is 14.3 Å². The SMILES string of the molecule is COc1ccc(-c2cc(C(=O)N(C)C3CCCCC3)c3ccccc3n2)cc1OC. The summed E-state index contributed by atoms with van der Waals surface area (Å²) in [6.45, 7) is 0. The first kappa shape index (κ1) is 20.2. The van der Waals surface area contributed by atoms with Crippen molar-refractivity contribution in [3.05, 3.63) is 54.1 Å². The van der Waals surface area contributed by atoms with E-state index in [0.717, 1.165) is 35.0 Å². The summed E-state index contributed by atoms with van der Waals surface area (Å²) in [6.07, 6.45) is 5.80. The standard InChI is InChI=1S/C25H28N2O3/c1-27(18-9-5-4-6-10-18)25(28)20-16-22(26-21-12-8-7-11-19(20)21)17-13-14-23(29-2)24(15-17)30-3/h7-8,11-16,18H,4-6,9-10H2,1-3H3. The molecule has 1 aromatic heterocycles. The van der Waals surface area contributed by atoms with Crippen LogP contribution >= 0.6 is 0 Å². The molecule has 30 heavy (non-hydrogen) atoms. The molecule has 0 saturated heterocycles. The van der Waals surface area contributed by atoms with Crippen molar-refractivity contribution in [2.45, 2.75) is 38.1 Å². The molecule has 0 spiro atoms. The van der Waals surface area contributed by atoms with Crippen LogP contribution in [0.1, 0.15) is 42.5 Å². The number of para-hydroxylation sites is 1. The van der Waals surface area contributed by atoms with Gasteiger partial charge < -0.3 is 14.4 Å². The average Bonchev–Trinajstić information content (AvgIpc) is 2.82. The molecule has 0 atom stereocenters. The van der Waals surface area contributed by atoms with E-state index in [1.165, 1.54) is 19.3 Å². The molecule has 1 heterocycles. The Bertz CT molecular complexity index is 1060. The normalized spacial score (nSPS) is 14.5. The Kier molecular flexibility index (Phi) is 5.88. The molecule has 0 aliphatic heterocycles. The molecule has 4 rings (SSSR count). The summed E-state index contributed by atoms with van der Waals surface area (Å²) in [6, 6.07) is 15.8. The van der Waals surface area contributed by atoms with Gasteiger partial charge >= 0.3 is 0 Å². The lowest BCUT2D eigenvalue weighted by molar-refractivity contribution is 0.0698. The number of hydrogen-bond donors (Lipinski definition) is 0. The highest BCUT2D eigenvalue weighted by atomic mass is 16.5. The molecule has 0 bridgehead atoms. The second-order valence-corrected chi connectivity index (χ2v) is 7.85. The number of hydrogen-bond acceptors (Lipinski definition) is 4. The summed E-state index contributed by atoms with van der Waals surface area (Å²) in [5.74, 6) is 1.36. The van der Waals surface area contributed by atoms with Crippen molar-refractivity contribution in [3.63, 3.8) is 0 Å². The van der Waals surface area contributed by atoms with E-state index >= 15 is 0 Å². The summed E-state index contributed by atoms with van der Waals surface area (Å²) in [7, 11) is 5.16. The Morgan fingerprint density at radius 2 is 1.70 bits per heavy atom. The van der Waals surface area contributed by atoms with Gasteiger partial charge in [0.05, 0.1) is 31.0 Å². The first-order valence-electron chi connectivity index (χ1n) is 10.5. The second-order valence-electron chi connectivity index (χ2n) is 7.85. The lowest BCUT2D eigenvalue weighted by Gasteiger charge is -2.31. The Morgan fingerprint density at radius 1 is 0.967 bits per heavy atom. The van der Waals surface area contributed by atoms with Crippen molar-refractivity contribution in [1.29, 1.82) is 0 Å². The molecule has 1 amide bonds. The smallest absolute Gasteiger partial charge is 0.254 e. The van der Waals surface area contributed by atoms with Gasteiger partial charge in [0.25, 0.3) is 5.91 Å². The van der Waals surface area contributed by atoms with Gasteiger partial charge in [-0.15, -0.1) is 0 Å². The van der Waals surface area contributed by atoms with E-state index in [1.54, 1.807) is 14.2 Å². The van der Waals surface area contributed by atoms with E-state index in [2.05, 4.69) is 0 Å². The zero-order chi connectivity index (χ0) is 21.1. The van der Waals surface area contributed by atoms with Gasteiger partial charge in [-0.3, -0.25) is 4.79 Å².